The van der Waals surface area contributed by atoms with E-state index in [1.165, 1.54) is 22.6 Å². The molecule has 0 aliphatic heterocycles. The van der Waals surface area contributed by atoms with Crippen molar-refractivity contribution in [2.45, 2.75) is 65.6 Å². The van der Waals surface area contributed by atoms with Gasteiger partial charge < -0.3 is 15.0 Å². The lowest BCUT2D eigenvalue weighted by molar-refractivity contribution is -0.143. The number of amides is 2. The van der Waals surface area contributed by atoms with E-state index in [0.29, 0.717) is 12.2 Å². The maximum Gasteiger partial charge on any atom is 0.261 e. The van der Waals surface area contributed by atoms with Gasteiger partial charge in [-0.05, 0) is 69.0 Å². The highest BCUT2D eigenvalue weighted by Crippen LogP contribution is 2.16. The van der Waals surface area contributed by atoms with Crippen molar-refractivity contribution in [3.8, 4) is 5.75 Å². The van der Waals surface area contributed by atoms with Crippen LogP contribution in [0, 0.1) is 5.82 Å². The Morgan fingerprint density at radius 3 is 2.10 bits per heavy atom. The number of hydrogen-bond acceptors (Lipinski definition) is 3. The lowest BCUT2D eigenvalue weighted by atomic mass is 10.1. The summed E-state index contributed by atoms with van der Waals surface area (Å²) < 4.78 is 19.0. The predicted molar refractivity (Wildman–Crippen MR) is 120 cm³/mol. The number of carbonyl (C=O) groups is 2. The first-order valence-corrected chi connectivity index (χ1v) is 10.7. The molecule has 0 heterocycles. The van der Waals surface area contributed by atoms with Crippen molar-refractivity contribution < 1.29 is 18.7 Å². The molecule has 0 saturated heterocycles. The molecule has 2 amide bonds. The van der Waals surface area contributed by atoms with Crippen molar-refractivity contribution in [3.05, 3.63) is 65.5 Å². The van der Waals surface area contributed by atoms with Crippen LogP contribution in [0.1, 0.15) is 52.2 Å². The van der Waals surface area contributed by atoms with Crippen molar-refractivity contribution in [2.75, 3.05) is 6.61 Å². The van der Waals surface area contributed by atoms with Crippen LogP contribution in [0.25, 0.3) is 0 Å². The van der Waals surface area contributed by atoms with Gasteiger partial charge in [-0.2, -0.15) is 0 Å². The van der Waals surface area contributed by atoms with Gasteiger partial charge in [0.25, 0.3) is 5.91 Å². The van der Waals surface area contributed by atoms with Crippen LogP contribution in [-0.4, -0.2) is 34.9 Å². The van der Waals surface area contributed by atoms with Gasteiger partial charge in [-0.25, -0.2) is 4.39 Å². The minimum absolute atomic E-state index is 0.188. The summed E-state index contributed by atoms with van der Waals surface area (Å²) in [5, 5.41) is 2.95. The molecular weight excluding hydrogens is 395 g/mol. The predicted octanol–water partition coefficient (Wildman–Crippen LogP) is 4.49. The van der Waals surface area contributed by atoms with Gasteiger partial charge in [-0.3, -0.25) is 9.59 Å². The molecule has 0 fully saturated rings. The zero-order valence-electron chi connectivity index (χ0n) is 19.1. The lowest BCUT2D eigenvalue weighted by Gasteiger charge is -2.33. The first kappa shape index (κ1) is 24.4. The first-order valence-electron chi connectivity index (χ1n) is 10.7. The van der Waals surface area contributed by atoms with E-state index in [1.54, 1.807) is 12.1 Å². The van der Waals surface area contributed by atoms with Crippen LogP contribution in [0.3, 0.4) is 0 Å². The first-order chi connectivity index (χ1) is 14.6. The molecule has 0 aromatic heterocycles. The van der Waals surface area contributed by atoms with Gasteiger partial charge in [0, 0.05) is 12.1 Å². The Bertz CT molecular complexity index is 858. The average Bonchev–Trinajstić information content (AvgIpc) is 2.72. The SMILES string of the molecule is CCc1ccc(OCC(=O)N(Cc2ccc(F)cc2)C(CC)C(=O)NC(C)(C)C)cc1. The molecule has 1 atom stereocenters. The number of nitrogens with zero attached hydrogens (tertiary/aromatic N) is 1. The molecule has 2 aromatic rings. The van der Waals surface area contributed by atoms with E-state index in [9.17, 15) is 14.0 Å². The molecular formula is C25H33FN2O3. The maximum atomic E-state index is 13.3. The fourth-order valence-corrected chi connectivity index (χ4v) is 3.21. The van der Waals surface area contributed by atoms with Crippen LogP contribution in [0.5, 0.6) is 5.75 Å². The summed E-state index contributed by atoms with van der Waals surface area (Å²) in [5.74, 6) is -0.282. The summed E-state index contributed by atoms with van der Waals surface area (Å²) in [4.78, 5) is 27.6. The fourth-order valence-electron chi connectivity index (χ4n) is 3.21. The van der Waals surface area contributed by atoms with Crippen LogP contribution in [0.4, 0.5) is 4.39 Å². The third-order valence-corrected chi connectivity index (χ3v) is 4.84. The highest BCUT2D eigenvalue weighted by molar-refractivity contribution is 5.88. The minimum Gasteiger partial charge on any atom is -0.484 e. The second-order valence-corrected chi connectivity index (χ2v) is 8.60. The number of hydrogen-bond donors (Lipinski definition) is 1. The number of nitrogens with one attached hydrogen (secondary N) is 1. The normalized spacial score (nSPS) is 12.2. The van der Waals surface area contributed by atoms with Crippen molar-refractivity contribution >= 4 is 11.8 Å². The Kier molecular flexibility index (Phi) is 8.60. The molecule has 0 aliphatic rings. The Morgan fingerprint density at radius 1 is 1.00 bits per heavy atom. The number of halogens is 1. The zero-order chi connectivity index (χ0) is 23.0. The van der Waals surface area contributed by atoms with Crippen molar-refractivity contribution in [2.24, 2.45) is 0 Å². The molecule has 31 heavy (non-hydrogen) atoms. The smallest absolute Gasteiger partial charge is 0.261 e. The van der Waals surface area contributed by atoms with E-state index in [1.807, 2.05) is 52.0 Å². The summed E-state index contributed by atoms with van der Waals surface area (Å²) in [6, 6.07) is 12.9. The highest BCUT2D eigenvalue weighted by Gasteiger charge is 2.30. The number of ether oxygens (including phenoxy) is 1. The Labute approximate surface area is 184 Å². The summed E-state index contributed by atoms with van der Waals surface area (Å²) in [7, 11) is 0. The second-order valence-electron chi connectivity index (χ2n) is 8.60. The Balaban J connectivity index is 2.20. The topological polar surface area (TPSA) is 58.6 Å². The standard InChI is InChI=1S/C25H33FN2O3/c1-6-18-10-14-21(15-11-18)31-17-23(29)28(16-19-8-12-20(26)13-9-19)22(7-2)24(30)27-25(3,4)5/h8-15,22H,6-7,16-17H2,1-5H3,(H,27,30). The molecule has 0 radical (unpaired) electrons. The third-order valence-electron chi connectivity index (χ3n) is 4.84. The molecule has 1 unspecified atom stereocenters. The Morgan fingerprint density at radius 2 is 1.58 bits per heavy atom. The van der Waals surface area contributed by atoms with E-state index < -0.39 is 11.6 Å². The van der Waals surface area contributed by atoms with E-state index >= 15 is 0 Å². The van der Waals surface area contributed by atoms with Gasteiger partial charge in [-0.15, -0.1) is 0 Å². The van der Waals surface area contributed by atoms with Gasteiger partial charge in [-0.1, -0.05) is 38.1 Å². The summed E-state index contributed by atoms with van der Waals surface area (Å²) >= 11 is 0. The number of aryl methyl sites for hydroxylation is 1. The maximum absolute atomic E-state index is 13.3. The molecule has 6 heteroatoms. The largest absolute Gasteiger partial charge is 0.484 e. The molecule has 0 saturated carbocycles. The van der Waals surface area contributed by atoms with Crippen molar-refractivity contribution in [1.82, 2.24) is 10.2 Å². The van der Waals surface area contributed by atoms with Crippen LogP contribution >= 0.6 is 0 Å². The minimum atomic E-state index is -0.664. The number of rotatable bonds is 9. The Hall–Kier alpha value is -2.89. The fraction of sp³-hybridized carbons (Fsp3) is 0.440. The molecule has 5 nitrogen and oxygen atoms in total. The second kappa shape index (κ2) is 10.9. The van der Waals surface area contributed by atoms with Crippen LogP contribution in [0.2, 0.25) is 0 Å². The lowest BCUT2D eigenvalue weighted by Crippen LogP contribution is -2.54. The van der Waals surface area contributed by atoms with Gasteiger partial charge in [0.15, 0.2) is 6.61 Å². The average molecular weight is 429 g/mol. The van der Waals surface area contributed by atoms with Gasteiger partial charge >= 0.3 is 0 Å². The molecule has 0 aliphatic carbocycles. The van der Waals surface area contributed by atoms with Gasteiger partial charge in [0.2, 0.25) is 5.91 Å². The number of benzene rings is 2. The number of carbonyl (C=O) groups excluding carboxylic acids is 2. The molecule has 2 rings (SSSR count). The summed E-state index contributed by atoms with van der Waals surface area (Å²) in [6.45, 7) is 9.62. The third kappa shape index (κ3) is 7.70. The van der Waals surface area contributed by atoms with E-state index in [-0.39, 0.29) is 30.8 Å². The molecule has 1 N–H and O–H groups in total. The van der Waals surface area contributed by atoms with E-state index in [2.05, 4.69) is 12.2 Å². The van der Waals surface area contributed by atoms with E-state index in [4.69, 9.17) is 4.74 Å². The van der Waals surface area contributed by atoms with Crippen LogP contribution < -0.4 is 10.1 Å². The molecule has 0 spiro atoms. The van der Waals surface area contributed by atoms with E-state index in [0.717, 1.165) is 12.0 Å². The molecule has 0 bridgehead atoms. The molecule has 168 valence electrons. The zero-order valence-corrected chi connectivity index (χ0v) is 19.1. The van der Waals surface area contributed by atoms with Crippen molar-refractivity contribution in [3.63, 3.8) is 0 Å². The highest BCUT2D eigenvalue weighted by atomic mass is 19.1. The quantitative estimate of drug-likeness (QED) is 0.640. The van der Waals surface area contributed by atoms with Crippen molar-refractivity contribution in [1.29, 1.82) is 0 Å². The summed E-state index contributed by atoms with van der Waals surface area (Å²) in [6.07, 6.45) is 1.37. The van der Waals surface area contributed by atoms with Crippen LogP contribution in [0.15, 0.2) is 48.5 Å². The monoisotopic (exact) mass is 428 g/mol. The van der Waals surface area contributed by atoms with Gasteiger partial charge in [0.1, 0.15) is 17.6 Å². The summed E-state index contributed by atoms with van der Waals surface area (Å²) in [5.41, 5.74) is 1.50. The molecule has 2 aromatic carbocycles. The van der Waals surface area contributed by atoms with Crippen LogP contribution in [-0.2, 0) is 22.6 Å². The van der Waals surface area contributed by atoms with Gasteiger partial charge in [0.05, 0.1) is 0 Å².